The van der Waals surface area contributed by atoms with E-state index in [1.807, 2.05) is 25.1 Å². The van der Waals surface area contributed by atoms with Gasteiger partial charge in [0.05, 0.1) is 5.02 Å². The van der Waals surface area contributed by atoms with Gasteiger partial charge in [0, 0.05) is 18.5 Å². The van der Waals surface area contributed by atoms with E-state index in [1.165, 1.54) is 12.1 Å². The van der Waals surface area contributed by atoms with Crippen LogP contribution < -0.4 is 0 Å². The van der Waals surface area contributed by atoms with Gasteiger partial charge in [-0.2, -0.15) is 4.98 Å². The zero-order valence-corrected chi connectivity index (χ0v) is 15.4. The lowest BCUT2D eigenvalue weighted by atomic mass is 10.1. The van der Waals surface area contributed by atoms with Crippen LogP contribution in [0.3, 0.4) is 0 Å². The third-order valence-corrected chi connectivity index (χ3v) is 4.96. The summed E-state index contributed by atoms with van der Waals surface area (Å²) in [5, 5.41) is 3.97. The van der Waals surface area contributed by atoms with Gasteiger partial charge in [-0.1, -0.05) is 46.6 Å². The molecule has 7 heteroatoms. The van der Waals surface area contributed by atoms with Crippen molar-refractivity contribution in [2.75, 3.05) is 0 Å². The summed E-state index contributed by atoms with van der Waals surface area (Å²) < 4.78 is 18.8. The Bertz CT molecular complexity index is 1000. The topological polar surface area (TPSA) is 59.2 Å². The molecule has 1 aliphatic rings. The van der Waals surface area contributed by atoms with Crippen molar-refractivity contribution in [3.63, 3.8) is 0 Å². The van der Waals surface area contributed by atoms with E-state index < -0.39 is 5.82 Å². The highest BCUT2D eigenvalue weighted by Crippen LogP contribution is 2.34. The summed E-state index contributed by atoms with van der Waals surface area (Å²) in [6.45, 7) is 2.51. The molecule has 0 aliphatic carbocycles. The van der Waals surface area contributed by atoms with Crippen LogP contribution >= 0.6 is 11.6 Å². The van der Waals surface area contributed by atoms with Gasteiger partial charge >= 0.3 is 0 Å². The van der Waals surface area contributed by atoms with Crippen LogP contribution in [-0.4, -0.2) is 20.9 Å². The minimum Gasteiger partial charge on any atom is -0.337 e. The summed E-state index contributed by atoms with van der Waals surface area (Å²) in [7, 11) is 0. The molecule has 2 aromatic carbocycles. The molecule has 2 heterocycles. The first kappa shape index (κ1) is 17.7. The quantitative estimate of drug-likeness (QED) is 0.653. The molecular weight excluding hydrogens is 369 g/mol. The molecule has 4 rings (SSSR count). The molecule has 1 amide bonds. The Morgan fingerprint density at radius 3 is 2.93 bits per heavy atom. The van der Waals surface area contributed by atoms with Gasteiger partial charge in [0.2, 0.25) is 17.6 Å². The molecule has 1 unspecified atom stereocenters. The third-order valence-electron chi connectivity index (χ3n) is 4.67. The molecule has 3 aromatic rings. The van der Waals surface area contributed by atoms with Crippen LogP contribution in [0.1, 0.15) is 35.9 Å². The van der Waals surface area contributed by atoms with E-state index in [2.05, 4.69) is 16.2 Å². The van der Waals surface area contributed by atoms with E-state index in [0.717, 1.165) is 11.1 Å². The zero-order valence-electron chi connectivity index (χ0n) is 14.7. The minimum absolute atomic E-state index is 0.00373. The number of carbonyl (C=O) groups is 1. The Morgan fingerprint density at radius 2 is 2.15 bits per heavy atom. The molecule has 1 fully saturated rings. The maximum atomic E-state index is 13.4. The highest BCUT2D eigenvalue weighted by Gasteiger charge is 2.36. The van der Waals surface area contributed by atoms with Crippen molar-refractivity contribution in [3.05, 3.63) is 70.3 Å². The lowest BCUT2D eigenvalue weighted by Gasteiger charge is -2.22. The van der Waals surface area contributed by atoms with Crippen LogP contribution in [0.15, 0.2) is 47.0 Å². The van der Waals surface area contributed by atoms with Crippen molar-refractivity contribution in [1.82, 2.24) is 15.0 Å². The number of halogens is 2. The van der Waals surface area contributed by atoms with Crippen molar-refractivity contribution >= 4 is 17.5 Å². The number of likely N-dealkylation sites (tertiary alicyclic amines) is 1. The Balaban J connectivity index is 1.59. The molecule has 0 saturated carbocycles. The molecule has 0 spiro atoms. The molecule has 5 nitrogen and oxygen atoms in total. The molecule has 0 bridgehead atoms. The van der Waals surface area contributed by atoms with E-state index in [9.17, 15) is 9.18 Å². The monoisotopic (exact) mass is 385 g/mol. The number of aromatic nitrogens is 2. The van der Waals surface area contributed by atoms with Crippen LogP contribution in [0.4, 0.5) is 4.39 Å². The van der Waals surface area contributed by atoms with Crippen molar-refractivity contribution in [3.8, 4) is 11.4 Å². The Kier molecular flexibility index (Phi) is 4.66. The van der Waals surface area contributed by atoms with Gasteiger partial charge in [0.25, 0.3) is 0 Å². The number of benzene rings is 2. The molecule has 1 atom stereocenters. The minimum atomic E-state index is -0.505. The number of aryl methyl sites for hydroxylation is 1. The smallest absolute Gasteiger partial charge is 0.249 e. The predicted molar refractivity (Wildman–Crippen MR) is 98.4 cm³/mol. The van der Waals surface area contributed by atoms with Crippen molar-refractivity contribution in [1.29, 1.82) is 0 Å². The van der Waals surface area contributed by atoms with E-state index in [-0.39, 0.29) is 17.0 Å². The summed E-state index contributed by atoms with van der Waals surface area (Å²) >= 11 is 5.83. The number of hydrogen-bond donors (Lipinski definition) is 0. The number of hydrogen-bond acceptors (Lipinski definition) is 4. The molecule has 27 heavy (non-hydrogen) atoms. The Labute approximate surface area is 160 Å². The summed E-state index contributed by atoms with van der Waals surface area (Å²) in [5.74, 6) is 0.256. The normalized spacial score (nSPS) is 16.9. The SMILES string of the molecule is Cc1cccc(CN2C(=O)CCC2c2nc(-c3ccc(F)c(Cl)c3)no2)c1. The van der Waals surface area contributed by atoms with E-state index in [4.69, 9.17) is 16.1 Å². The second kappa shape index (κ2) is 7.12. The second-order valence-electron chi connectivity index (χ2n) is 6.65. The van der Waals surface area contributed by atoms with Crippen LogP contribution in [0.25, 0.3) is 11.4 Å². The van der Waals surface area contributed by atoms with Gasteiger partial charge in [-0.05, 0) is 37.1 Å². The molecular formula is C20H17ClFN3O2. The van der Waals surface area contributed by atoms with Gasteiger partial charge in [-0.3, -0.25) is 4.79 Å². The number of rotatable bonds is 4. The standard InChI is InChI=1S/C20H17ClFN3O2/c1-12-3-2-4-13(9-12)11-25-17(7-8-18(25)26)20-23-19(24-27-20)14-5-6-16(22)15(21)10-14/h2-6,9-10,17H,7-8,11H2,1H3. The zero-order chi connectivity index (χ0) is 19.0. The number of amides is 1. The van der Waals surface area contributed by atoms with Crippen LogP contribution in [0.5, 0.6) is 0 Å². The van der Waals surface area contributed by atoms with Crippen LogP contribution in [0, 0.1) is 12.7 Å². The van der Waals surface area contributed by atoms with Crippen LogP contribution in [0.2, 0.25) is 5.02 Å². The maximum absolute atomic E-state index is 13.4. The fourth-order valence-corrected chi connectivity index (χ4v) is 3.50. The fourth-order valence-electron chi connectivity index (χ4n) is 3.32. The number of nitrogens with zero attached hydrogens (tertiary/aromatic N) is 3. The second-order valence-corrected chi connectivity index (χ2v) is 7.06. The van der Waals surface area contributed by atoms with Crippen molar-refractivity contribution in [2.24, 2.45) is 0 Å². The molecule has 1 aromatic heterocycles. The maximum Gasteiger partial charge on any atom is 0.249 e. The molecule has 1 saturated heterocycles. The summed E-state index contributed by atoms with van der Waals surface area (Å²) in [6, 6.07) is 12.0. The van der Waals surface area contributed by atoms with Crippen LogP contribution in [-0.2, 0) is 11.3 Å². The molecule has 138 valence electrons. The first-order valence-electron chi connectivity index (χ1n) is 8.65. The Morgan fingerprint density at radius 1 is 1.30 bits per heavy atom. The first-order valence-corrected chi connectivity index (χ1v) is 9.03. The van der Waals surface area contributed by atoms with E-state index in [0.29, 0.717) is 36.7 Å². The predicted octanol–water partition coefficient (Wildman–Crippen LogP) is 4.70. The van der Waals surface area contributed by atoms with Gasteiger partial charge in [0.15, 0.2) is 0 Å². The van der Waals surface area contributed by atoms with Crippen molar-refractivity contribution < 1.29 is 13.7 Å². The molecule has 0 N–H and O–H groups in total. The fraction of sp³-hybridized carbons (Fsp3) is 0.250. The highest BCUT2D eigenvalue weighted by atomic mass is 35.5. The van der Waals surface area contributed by atoms with E-state index >= 15 is 0 Å². The summed E-state index contributed by atoms with van der Waals surface area (Å²) in [4.78, 5) is 18.6. The largest absolute Gasteiger partial charge is 0.337 e. The Hall–Kier alpha value is -2.73. The summed E-state index contributed by atoms with van der Waals surface area (Å²) in [6.07, 6.45) is 1.06. The average Bonchev–Trinajstić information content (AvgIpc) is 3.25. The van der Waals surface area contributed by atoms with Gasteiger partial charge < -0.3 is 9.42 Å². The van der Waals surface area contributed by atoms with Crippen molar-refractivity contribution in [2.45, 2.75) is 32.4 Å². The first-order chi connectivity index (χ1) is 13.0. The lowest BCUT2D eigenvalue weighted by Crippen LogP contribution is -2.27. The third kappa shape index (κ3) is 3.57. The summed E-state index contributed by atoms with van der Waals surface area (Å²) in [5.41, 5.74) is 2.76. The molecule has 1 aliphatic heterocycles. The highest BCUT2D eigenvalue weighted by molar-refractivity contribution is 6.31. The van der Waals surface area contributed by atoms with E-state index in [1.54, 1.807) is 11.0 Å². The lowest BCUT2D eigenvalue weighted by molar-refractivity contribution is -0.129. The number of carbonyl (C=O) groups excluding carboxylic acids is 1. The van der Waals surface area contributed by atoms with Gasteiger partial charge in [0.1, 0.15) is 11.9 Å². The molecule has 0 radical (unpaired) electrons. The van der Waals surface area contributed by atoms with Gasteiger partial charge in [-0.25, -0.2) is 4.39 Å². The average molecular weight is 386 g/mol. The van der Waals surface area contributed by atoms with Gasteiger partial charge in [-0.15, -0.1) is 0 Å².